The minimum absolute atomic E-state index is 0.0168. The molecule has 0 bridgehead atoms. The van der Waals surface area contributed by atoms with Crippen LogP contribution in [0.2, 0.25) is 10.0 Å². The van der Waals surface area contributed by atoms with Crippen molar-refractivity contribution < 1.29 is 9.21 Å². The third-order valence-corrected chi connectivity index (χ3v) is 4.52. The Bertz CT molecular complexity index is 771. The van der Waals surface area contributed by atoms with Gasteiger partial charge in [0.15, 0.2) is 0 Å². The van der Waals surface area contributed by atoms with E-state index in [4.69, 9.17) is 27.6 Å². The van der Waals surface area contributed by atoms with Gasteiger partial charge in [-0.3, -0.25) is 4.79 Å². The second kappa shape index (κ2) is 6.76. The molecule has 0 radical (unpaired) electrons. The van der Waals surface area contributed by atoms with Crippen LogP contribution in [0.4, 0.5) is 0 Å². The van der Waals surface area contributed by atoms with Crippen LogP contribution in [0.5, 0.6) is 0 Å². The van der Waals surface area contributed by atoms with Crippen LogP contribution in [0.1, 0.15) is 30.2 Å². The first-order chi connectivity index (χ1) is 11.0. The Kier molecular flexibility index (Phi) is 4.73. The molecule has 1 amide bonds. The van der Waals surface area contributed by atoms with Crippen LogP contribution in [0.3, 0.4) is 0 Å². The number of aromatic amines is 1. The summed E-state index contributed by atoms with van der Waals surface area (Å²) in [5.74, 6) is -0.294. The number of hydrogen-bond donors (Lipinski definition) is 1. The number of aromatic nitrogens is 2. The lowest BCUT2D eigenvalue weighted by Gasteiger charge is -2.31. The number of rotatable bonds is 3. The number of amides is 1. The first kappa shape index (κ1) is 16.1. The monoisotopic (exact) mass is 355 g/mol. The Morgan fingerprint density at radius 3 is 2.96 bits per heavy atom. The highest BCUT2D eigenvalue weighted by Crippen LogP contribution is 2.26. The molecule has 8 heteroatoms. The van der Waals surface area contributed by atoms with Crippen LogP contribution >= 0.6 is 23.2 Å². The first-order valence-corrected chi connectivity index (χ1v) is 8.05. The fourth-order valence-corrected chi connectivity index (χ4v) is 3.24. The average Bonchev–Trinajstić information content (AvgIpc) is 2.97. The first-order valence-electron chi connectivity index (χ1n) is 7.30. The van der Waals surface area contributed by atoms with E-state index in [9.17, 15) is 9.59 Å². The maximum absolute atomic E-state index is 12.5. The smallest absolute Gasteiger partial charge is 0.392 e. The summed E-state index contributed by atoms with van der Waals surface area (Å²) in [4.78, 5) is 25.3. The van der Waals surface area contributed by atoms with Crippen molar-refractivity contribution in [2.45, 2.75) is 25.2 Å². The third-order valence-electron chi connectivity index (χ3n) is 3.93. The summed E-state index contributed by atoms with van der Waals surface area (Å²) in [7, 11) is 0. The molecule has 0 aliphatic carbocycles. The summed E-state index contributed by atoms with van der Waals surface area (Å²) >= 11 is 12.0. The standard InChI is InChI=1S/C15H15Cl2N3O3/c16-11-4-3-9(12(17)7-11)6-13(21)20-5-1-2-10(8-20)14-18-19-15(22)23-14/h3-4,7,10H,1-2,5-6,8H2,(H,19,22)/t10-/m0/s1. The predicted octanol–water partition coefficient (Wildman–Crippen LogP) is 2.62. The number of carbonyl (C=O) groups is 1. The minimum atomic E-state index is -0.573. The molecule has 2 heterocycles. The summed E-state index contributed by atoms with van der Waals surface area (Å²) in [6.07, 6.45) is 1.88. The quantitative estimate of drug-likeness (QED) is 0.917. The lowest BCUT2D eigenvalue weighted by molar-refractivity contribution is -0.131. The van der Waals surface area contributed by atoms with Crippen LogP contribution < -0.4 is 5.76 Å². The molecule has 1 N–H and O–H groups in total. The van der Waals surface area contributed by atoms with Gasteiger partial charge in [0.2, 0.25) is 11.8 Å². The summed E-state index contributed by atoms with van der Waals surface area (Å²) in [6.45, 7) is 1.16. The largest absolute Gasteiger partial charge is 0.434 e. The van der Waals surface area contributed by atoms with Crippen molar-refractivity contribution in [2.75, 3.05) is 13.1 Å². The van der Waals surface area contributed by atoms with E-state index in [2.05, 4.69) is 10.2 Å². The highest BCUT2D eigenvalue weighted by Gasteiger charge is 2.28. The van der Waals surface area contributed by atoms with E-state index in [1.807, 2.05) is 0 Å². The number of carbonyl (C=O) groups excluding carboxylic acids is 1. The van der Waals surface area contributed by atoms with Crippen molar-refractivity contribution in [3.8, 4) is 0 Å². The van der Waals surface area contributed by atoms with Crippen LogP contribution in [-0.2, 0) is 11.2 Å². The Morgan fingerprint density at radius 2 is 2.26 bits per heavy atom. The second-order valence-corrected chi connectivity index (χ2v) is 6.39. The molecule has 1 aromatic heterocycles. The number of benzene rings is 1. The van der Waals surface area contributed by atoms with E-state index in [1.54, 1.807) is 23.1 Å². The van der Waals surface area contributed by atoms with Crippen molar-refractivity contribution in [3.63, 3.8) is 0 Å². The van der Waals surface area contributed by atoms with Gasteiger partial charge >= 0.3 is 5.76 Å². The number of H-pyrrole nitrogens is 1. The number of nitrogens with zero attached hydrogens (tertiary/aromatic N) is 2. The lowest BCUT2D eigenvalue weighted by Crippen LogP contribution is -2.40. The molecule has 3 rings (SSSR count). The maximum Gasteiger partial charge on any atom is 0.434 e. The van der Waals surface area contributed by atoms with Crippen molar-refractivity contribution in [2.24, 2.45) is 0 Å². The third kappa shape index (κ3) is 3.76. The molecule has 2 aromatic rings. The molecule has 1 atom stereocenters. The molecule has 0 saturated carbocycles. The van der Waals surface area contributed by atoms with Gasteiger partial charge in [-0.15, -0.1) is 5.10 Å². The second-order valence-electron chi connectivity index (χ2n) is 5.54. The van der Waals surface area contributed by atoms with E-state index >= 15 is 0 Å². The molecule has 6 nitrogen and oxygen atoms in total. The zero-order valence-corrected chi connectivity index (χ0v) is 13.7. The van der Waals surface area contributed by atoms with Gasteiger partial charge < -0.3 is 9.32 Å². The van der Waals surface area contributed by atoms with Crippen LogP contribution in [-0.4, -0.2) is 34.1 Å². The van der Waals surface area contributed by atoms with Gasteiger partial charge in [0.25, 0.3) is 0 Å². The maximum atomic E-state index is 12.5. The summed E-state index contributed by atoms with van der Waals surface area (Å²) < 4.78 is 5.01. The molecule has 0 spiro atoms. The lowest BCUT2D eigenvalue weighted by atomic mass is 9.97. The molecule has 1 aliphatic rings. The highest BCUT2D eigenvalue weighted by molar-refractivity contribution is 6.35. The number of nitrogens with one attached hydrogen (secondary N) is 1. The van der Waals surface area contributed by atoms with E-state index in [-0.39, 0.29) is 18.2 Å². The van der Waals surface area contributed by atoms with Crippen LogP contribution in [0, 0.1) is 0 Å². The molecule has 1 fully saturated rings. The Balaban J connectivity index is 1.68. The molecule has 23 heavy (non-hydrogen) atoms. The number of hydrogen-bond acceptors (Lipinski definition) is 4. The zero-order chi connectivity index (χ0) is 16.4. The summed E-state index contributed by atoms with van der Waals surface area (Å²) in [5, 5.41) is 7.14. The van der Waals surface area contributed by atoms with Gasteiger partial charge in [-0.1, -0.05) is 29.3 Å². The molecule has 1 aliphatic heterocycles. The van der Waals surface area contributed by atoms with Gasteiger partial charge in [0.1, 0.15) is 0 Å². The van der Waals surface area contributed by atoms with Crippen molar-refractivity contribution in [1.29, 1.82) is 0 Å². The predicted molar refractivity (Wildman–Crippen MR) is 85.8 cm³/mol. The van der Waals surface area contributed by atoms with Gasteiger partial charge in [0, 0.05) is 23.1 Å². The SMILES string of the molecule is O=C(Cc1ccc(Cl)cc1Cl)N1CCC[C@H](c2n[nH]c(=O)o2)C1. The molecule has 1 saturated heterocycles. The topological polar surface area (TPSA) is 79.2 Å². The van der Waals surface area contributed by atoms with E-state index in [0.29, 0.717) is 29.0 Å². The summed E-state index contributed by atoms with van der Waals surface area (Å²) in [6, 6.07) is 5.10. The van der Waals surface area contributed by atoms with E-state index in [1.165, 1.54) is 0 Å². The van der Waals surface area contributed by atoms with E-state index in [0.717, 1.165) is 18.4 Å². The average molecular weight is 356 g/mol. The molecule has 0 unspecified atom stereocenters. The Hall–Kier alpha value is -1.79. The molecule has 1 aromatic carbocycles. The number of likely N-dealkylation sites (tertiary alicyclic amines) is 1. The van der Waals surface area contributed by atoms with Crippen LogP contribution in [0.25, 0.3) is 0 Å². The number of halogens is 2. The van der Waals surface area contributed by atoms with Crippen LogP contribution in [0.15, 0.2) is 27.4 Å². The van der Waals surface area contributed by atoms with E-state index < -0.39 is 5.76 Å². The molecular weight excluding hydrogens is 341 g/mol. The highest BCUT2D eigenvalue weighted by atomic mass is 35.5. The zero-order valence-electron chi connectivity index (χ0n) is 12.2. The Morgan fingerprint density at radius 1 is 1.43 bits per heavy atom. The van der Waals surface area contributed by atoms with Gasteiger partial charge in [-0.2, -0.15) is 0 Å². The van der Waals surface area contributed by atoms with Gasteiger partial charge in [-0.25, -0.2) is 9.89 Å². The minimum Gasteiger partial charge on any atom is -0.392 e. The fraction of sp³-hybridized carbons (Fsp3) is 0.400. The fourth-order valence-electron chi connectivity index (χ4n) is 2.76. The van der Waals surface area contributed by atoms with Crippen molar-refractivity contribution in [3.05, 3.63) is 50.2 Å². The van der Waals surface area contributed by atoms with Gasteiger partial charge in [0.05, 0.1) is 12.3 Å². The normalized spacial score (nSPS) is 18.2. The number of piperidine rings is 1. The van der Waals surface area contributed by atoms with Crippen molar-refractivity contribution >= 4 is 29.1 Å². The molecule has 122 valence electrons. The summed E-state index contributed by atoms with van der Waals surface area (Å²) in [5.41, 5.74) is 0.745. The Labute approximate surface area is 142 Å². The molecular formula is C15H15Cl2N3O3. The van der Waals surface area contributed by atoms with Gasteiger partial charge in [-0.05, 0) is 30.5 Å². The van der Waals surface area contributed by atoms with Crippen molar-refractivity contribution in [1.82, 2.24) is 15.1 Å².